The highest BCUT2D eigenvalue weighted by Crippen LogP contribution is 2.31. The van der Waals surface area contributed by atoms with Crippen molar-refractivity contribution < 1.29 is 9.53 Å². The summed E-state index contributed by atoms with van der Waals surface area (Å²) in [7, 11) is 2.02. The zero-order valence-corrected chi connectivity index (χ0v) is 21.9. The van der Waals surface area contributed by atoms with E-state index < -0.39 is 0 Å². The normalized spacial score (nSPS) is 13.1. The number of halogens is 1. The van der Waals surface area contributed by atoms with Gasteiger partial charge in [-0.1, -0.05) is 30.3 Å². The Hall–Kier alpha value is -3.08. The van der Waals surface area contributed by atoms with E-state index in [0.717, 1.165) is 41.6 Å². The SMILES string of the molecule is CCNC(=NCCCN1C(=O)COc2ccccc21)N(C)Cc1cnn(-c2ccccc2)c1.I. The average molecular weight is 574 g/mol. The van der Waals surface area contributed by atoms with Crippen LogP contribution in [0.4, 0.5) is 5.69 Å². The lowest BCUT2D eigenvalue weighted by atomic mass is 10.2. The van der Waals surface area contributed by atoms with E-state index >= 15 is 0 Å². The minimum atomic E-state index is -0.0165. The number of nitrogens with one attached hydrogen (secondary N) is 1. The zero-order chi connectivity index (χ0) is 23.0. The lowest BCUT2D eigenvalue weighted by molar-refractivity contribution is -0.121. The molecule has 0 saturated heterocycles. The van der Waals surface area contributed by atoms with Crippen LogP contribution in [0.15, 0.2) is 72.0 Å². The molecule has 2 aromatic carbocycles. The molecule has 4 rings (SSSR count). The summed E-state index contributed by atoms with van der Waals surface area (Å²) in [5.41, 5.74) is 2.96. The Balaban J connectivity index is 0.00000324. The van der Waals surface area contributed by atoms with Crippen molar-refractivity contribution in [1.29, 1.82) is 0 Å². The van der Waals surface area contributed by atoms with E-state index in [-0.39, 0.29) is 36.5 Å². The van der Waals surface area contributed by atoms with Crippen molar-refractivity contribution in [3.63, 3.8) is 0 Å². The Labute approximate surface area is 217 Å². The third-order valence-corrected chi connectivity index (χ3v) is 5.38. The molecule has 1 aliphatic rings. The summed E-state index contributed by atoms with van der Waals surface area (Å²) in [5.74, 6) is 1.57. The predicted molar refractivity (Wildman–Crippen MR) is 145 cm³/mol. The molecule has 180 valence electrons. The molecule has 1 amide bonds. The van der Waals surface area contributed by atoms with Crippen LogP contribution in [0.3, 0.4) is 0 Å². The third-order valence-electron chi connectivity index (χ3n) is 5.38. The van der Waals surface area contributed by atoms with Crippen molar-refractivity contribution in [3.8, 4) is 11.4 Å². The van der Waals surface area contributed by atoms with Crippen molar-refractivity contribution in [2.24, 2.45) is 4.99 Å². The van der Waals surface area contributed by atoms with Crippen LogP contribution in [0, 0.1) is 0 Å². The Morgan fingerprint density at radius 2 is 1.94 bits per heavy atom. The molecule has 1 aliphatic heterocycles. The lowest BCUT2D eigenvalue weighted by Gasteiger charge is -2.29. The first-order valence-corrected chi connectivity index (χ1v) is 11.3. The van der Waals surface area contributed by atoms with Gasteiger partial charge in [-0.05, 0) is 37.6 Å². The molecule has 1 N–H and O–H groups in total. The number of amides is 1. The van der Waals surface area contributed by atoms with Gasteiger partial charge in [0.25, 0.3) is 5.91 Å². The number of aliphatic imine (C=N–C) groups is 1. The second-order valence-corrected chi connectivity index (χ2v) is 7.88. The third kappa shape index (κ3) is 6.28. The molecule has 0 radical (unpaired) electrons. The summed E-state index contributed by atoms with van der Waals surface area (Å²) in [4.78, 5) is 21.0. The van der Waals surface area contributed by atoms with Gasteiger partial charge in [0.05, 0.1) is 17.6 Å². The number of carbonyl (C=O) groups is 1. The van der Waals surface area contributed by atoms with E-state index in [4.69, 9.17) is 9.73 Å². The first kappa shape index (κ1) is 25.5. The van der Waals surface area contributed by atoms with Gasteiger partial charge in [-0.15, -0.1) is 24.0 Å². The minimum absolute atomic E-state index is 0. The van der Waals surface area contributed by atoms with Crippen molar-refractivity contribution in [2.75, 3.05) is 38.2 Å². The maximum atomic E-state index is 12.3. The average Bonchev–Trinajstić information content (AvgIpc) is 3.31. The molecular weight excluding hydrogens is 543 g/mol. The van der Waals surface area contributed by atoms with Crippen LogP contribution < -0.4 is 15.0 Å². The van der Waals surface area contributed by atoms with Gasteiger partial charge >= 0.3 is 0 Å². The van der Waals surface area contributed by atoms with Gasteiger partial charge < -0.3 is 19.9 Å². The molecule has 0 unspecified atom stereocenters. The van der Waals surface area contributed by atoms with Crippen LogP contribution in [0.25, 0.3) is 5.69 Å². The maximum absolute atomic E-state index is 12.3. The number of hydrogen-bond donors (Lipinski definition) is 1. The number of rotatable bonds is 8. The number of nitrogens with zero attached hydrogens (tertiary/aromatic N) is 5. The number of hydrogen-bond acceptors (Lipinski definition) is 4. The van der Waals surface area contributed by atoms with Crippen LogP contribution in [0.5, 0.6) is 5.75 Å². The summed E-state index contributed by atoms with van der Waals surface area (Å²) in [6.07, 6.45) is 4.68. The molecule has 9 heteroatoms. The van der Waals surface area contributed by atoms with Gasteiger partial charge in [0.1, 0.15) is 5.75 Å². The highest BCUT2D eigenvalue weighted by molar-refractivity contribution is 14.0. The Bertz CT molecular complexity index is 1100. The summed E-state index contributed by atoms with van der Waals surface area (Å²) in [6, 6.07) is 17.7. The van der Waals surface area contributed by atoms with Crippen molar-refractivity contribution in [2.45, 2.75) is 19.9 Å². The minimum Gasteiger partial charge on any atom is -0.482 e. The van der Waals surface area contributed by atoms with Crippen molar-refractivity contribution in [3.05, 3.63) is 72.6 Å². The Morgan fingerprint density at radius 3 is 2.74 bits per heavy atom. The van der Waals surface area contributed by atoms with E-state index in [0.29, 0.717) is 19.6 Å². The van der Waals surface area contributed by atoms with Gasteiger partial charge in [0, 0.05) is 45.0 Å². The van der Waals surface area contributed by atoms with Crippen molar-refractivity contribution in [1.82, 2.24) is 20.0 Å². The summed E-state index contributed by atoms with van der Waals surface area (Å²) >= 11 is 0. The van der Waals surface area contributed by atoms with E-state index in [1.165, 1.54) is 0 Å². The number of aromatic nitrogens is 2. The number of para-hydroxylation sites is 3. The number of fused-ring (bicyclic) bond motifs is 1. The van der Waals surface area contributed by atoms with E-state index in [1.807, 2.05) is 78.7 Å². The number of benzene rings is 2. The van der Waals surface area contributed by atoms with E-state index in [1.54, 1.807) is 4.90 Å². The second-order valence-electron chi connectivity index (χ2n) is 7.88. The second kappa shape index (κ2) is 12.4. The molecule has 0 atom stereocenters. The topological polar surface area (TPSA) is 75.0 Å². The monoisotopic (exact) mass is 574 g/mol. The molecule has 0 bridgehead atoms. The molecule has 2 heterocycles. The van der Waals surface area contributed by atoms with Crippen molar-refractivity contribution >= 4 is 41.5 Å². The van der Waals surface area contributed by atoms with Crippen LogP contribution >= 0.6 is 24.0 Å². The highest BCUT2D eigenvalue weighted by Gasteiger charge is 2.24. The fourth-order valence-corrected chi connectivity index (χ4v) is 3.80. The predicted octanol–water partition coefficient (Wildman–Crippen LogP) is 3.70. The van der Waals surface area contributed by atoms with Crippen LogP contribution in [0.2, 0.25) is 0 Å². The van der Waals surface area contributed by atoms with Crippen LogP contribution in [0.1, 0.15) is 18.9 Å². The maximum Gasteiger partial charge on any atom is 0.265 e. The largest absolute Gasteiger partial charge is 0.482 e. The van der Waals surface area contributed by atoms with Gasteiger partial charge in [-0.2, -0.15) is 5.10 Å². The number of carbonyl (C=O) groups excluding carboxylic acids is 1. The molecule has 34 heavy (non-hydrogen) atoms. The fraction of sp³-hybridized carbons (Fsp3) is 0.320. The lowest BCUT2D eigenvalue weighted by Crippen LogP contribution is -2.40. The standard InChI is InChI=1S/C25H30N6O2.HI/c1-3-26-25(29(2)17-20-16-28-31(18-20)21-10-5-4-6-11-21)27-14-9-15-30-22-12-7-8-13-23(22)33-19-24(30)32;/h4-8,10-13,16,18H,3,9,14-15,17,19H2,1-2H3,(H,26,27);1H. The Kier molecular flexibility index (Phi) is 9.32. The van der Waals surface area contributed by atoms with Gasteiger partial charge in [-0.25, -0.2) is 4.68 Å². The van der Waals surface area contributed by atoms with Crippen LogP contribution in [-0.4, -0.2) is 59.8 Å². The molecule has 8 nitrogen and oxygen atoms in total. The molecule has 1 aromatic heterocycles. The number of anilines is 1. The quantitative estimate of drug-likeness (QED) is 0.192. The van der Waals surface area contributed by atoms with Gasteiger partial charge in [0.2, 0.25) is 0 Å². The summed E-state index contributed by atoms with van der Waals surface area (Å²) in [6.45, 7) is 4.83. The molecule has 0 fully saturated rings. The zero-order valence-electron chi connectivity index (χ0n) is 19.6. The molecule has 0 saturated carbocycles. The molecule has 3 aromatic rings. The smallest absolute Gasteiger partial charge is 0.265 e. The Morgan fingerprint density at radius 1 is 1.18 bits per heavy atom. The molecule has 0 aliphatic carbocycles. The fourth-order valence-electron chi connectivity index (χ4n) is 3.80. The van der Waals surface area contributed by atoms with Gasteiger partial charge in [0.15, 0.2) is 12.6 Å². The first-order valence-electron chi connectivity index (χ1n) is 11.3. The highest BCUT2D eigenvalue weighted by atomic mass is 127. The molecular formula is C25H31IN6O2. The van der Waals surface area contributed by atoms with E-state index in [9.17, 15) is 4.79 Å². The first-order chi connectivity index (χ1) is 16.2. The van der Waals surface area contributed by atoms with E-state index in [2.05, 4.69) is 22.2 Å². The molecule has 0 spiro atoms. The number of ether oxygens (including phenoxy) is 1. The summed E-state index contributed by atoms with van der Waals surface area (Å²) in [5, 5.41) is 7.83. The van der Waals surface area contributed by atoms with Crippen LogP contribution in [-0.2, 0) is 11.3 Å². The van der Waals surface area contributed by atoms with Gasteiger partial charge in [-0.3, -0.25) is 9.79 Å². The number of guanidine groups is 1. The summed E-state index contributed by atoms with van der Waals surface area (Å²) < 4.78 is 7.40.